The number of rotatable bonds is 6. The highest BCUT2D eigenvalue weighted by molar-refractivity contribution is 9.11. The third-order valence-corrected chi connectivity index (χ3v) is 4.24. The van der Waals surface area contributed by atoms with Gasteiger partial charge in [0.15, 0.2) is 8.32 Å². The van der Waals surface area contributed by atoms with Gasteiger partial charge in [-0.05, 0) is 87.2 Å². The molecule has 0 unspecified atom stereocenters. The molecule has 0 saturated carbocycles. The third kappa shape index (κ3) is 6.37. The highest BCUT2D eigenvalue weighted by Gasteiger charge is 2.26. The van der Waals surface area contributed by atoms with Crippen LogP contribution in [0.4, 0.5) is 0 Å². The van der Waals surface area contributed by atoms with Crippen molar-refractivity contribution in [2.24, 2.45) is 0 Å². The van der Waals surface area contributed by atoms with E-state index in [0.29, 0.717) is 6.61 Å². The zero-order chi connectivity index (χ0) is 16.3. The fourth-order valence-corrected chi connectivity index (χ4v) is 3.10. The Hall–Kier alpha value is -0.583. The van der Waals surface area contributed by atoms with Crippen molar-refractivity contribution in [2.75, 3.05) is 6.61 Å². The summed E-state index contributed by atoms with van der Waals surface area (Å²) in [6.07, 6.45) is 2.03. The SMILES string of the molecule is Cc1cc(C=CBr)cc(C)c1OC(C)(C)CO[Si](C)(C)C. The van der Waals surface area contributed by atoms with E-state index in [1.165, 1.54) is 5.56 Å². The first-order valence-electron chi connectivity index (χ1n) is 7.25. The minimum atomic E-state index is -1.53. The molecule has 0 radical (unpaired) electrons. The van der Waals surface area contributed by atoms with Gasteiger partial charge >= 0.3 is 0 Å². The number of ether oxygens (including phenoxy) is 1. The Bertz CT molecular complexity index is 493. The van der Waals surface area contributed by atoms with E-state index in [1.54, 1.807) is 0 Å². The molecule has 4 heteroatoms. The van der Waals surface area contributed by atoms with Crippen molar-refractivity contribution >= 4 is 30.3 Å². The molecule has 0 aliphatic carbocycles. The summed E-state index contributed by atoms with van der Waals surface area (Å²) in [7, 11) is -1.53. The standard InChI is InChI=1S/C17H27BrO2Si/c1-13-10-15(8-9-18)11-14(2)16(13)20-17(3,4)12-19-21(5,6)7/h8-11H,12H2,1-7H3. The maximum absolute atomic E-state index is 6.25. The molecule has 0 spiro atoms. The van der Waals surface area contributed by atoms with Gasteiger partial charge in [-0.2, -0.15) is 0 Å². The smallest absolute Gasteiger partial charge is 0.183 e. The van der Waals surface area contributed by atoms with Crippen LogP contribution in [0.2, 0.25) is 19.6 Å². The van der Waals surface area contributed by atoms with Gasteiger partial charge in [-0.15, -0.1) is 0 Å². The molecule has 0 aromatic heterocycles. The topological polar surface area (TPSA) is 18.5 Å². The molecular weight excluding hydrogens is 344 g/mol. The molecule has 0 aliphatic heterocycles. The largest absolute Gasteiger partial charge is 0.485 e. The lowest BCUT2D eigenvalue weighted by Gasteiger charge is -2.31. The number of hydrogen-bond acceptors (Lipinski definition) is 2. The summed E-state index contributed by atoms with van der Waals surface area (Å²) in [5, 5.41) is 0. The van der Waals surface area contributed by atoms with Crippen molar-refractivity contribution in [3.05, 3.63) is 33.8 Å². The minimum absolute atomic E-state index is 0.331. The second-order valence-corrected chi connectivity index (χ2v) is 12.1. The first kappa shape index (κ1) is 18.5. The van der Waals surface area contributed by atoms with Crippen LogP contribution in [0.5, 0.6) is 5.75 Å². The molecule has 1 aromatic rings. The predicted octanol–water partition coefficient (Wildman–Crippen LogP) is 5.68. The molecule has 0 saturated heterocycles. The van der Waals surface area contributed by atoms with Crippen LogP contribution in [0.15, 0.2) is 17.1 Å². The summed E-state index contributed by atoms with van der Waals surface area (Å²) in [6, 6.07) is 4.27. The third-order valence-electron chi connectivity index (χ3n) is 2.97. The molecular formula is C17H27BrO2Si. The quantitative estimate of drug-likeness (QED) is 0.599. The Balaban J connectivity index is 2.91. The average molecular weight is 371 g/mol. The summed E-state index contributed by atoms with van der Waals surface area (Å²) in [4.78, 5) is 1.87. The molecule has 0 N–H and O–H groups in total. The molecule has 2 nitrogen and oxygen atoms in total. The summed E-state index contributed by atoms with van der Waals surface area (Å²) in [6.45, 7) is 15.5. The Kier molecular flexibility index (Phi) is 6.26. The number of benzene rings is 1. The highest BCUT2D eigenvalue weighted by atomic mass is 79.9. The van der Waals surface area contributed by atoms with Crippen LogP contribution in [0, 0.1) is 13.8 Å². The van der Waals surface area contributed by atoms with Crippen LogP contribution in [0.25, 0.3) is 6.08 Å². The normalized spacial score (nSPS) is 13.0. The van der Waals surface area contributed by atoms with Crippen molar-refractivity contribution in [1.29, 1.82) is 0 Å². The van der Waals surface area contributed by atoms with Gasteiger partial charge in [-0.1, -0.05) is 15.9 Å². The Labute approximate surface area is 138 Å². The first-order chi connectivity index (χ1) is 9.54. The van der Waals surface area contributed by atoms with E-state index in [4.69, 9.17) is 9.16 Å². The van der Waals surface area contributed by atoms with Gasteiger partial charge in [-0.3, -0.25) is 0 Å². The van der Waals surface area contributed by atoms with Gasteiger partial charge in [0.2, 0.25) is 0 Å². The van der Waals surface area contributed by atoms with Crippen molar-refractivity contribution in [2.45, 2.75) is 52.9 Å². The summed E-state index contributed by atoms with van der Waals surface area (Å²) >= 11 is 3.32. The fraction of sp³-hybridized carbons (Fsp3) is 0.529. The van der Waals surface area contributed by atoms with Crippen LogP contribution < -0.4 is 4.74 Å². The summed E-state index contributed by atoms with van der Waals surface area (Å²) in [5.74, 6) is 0.964. The van der Waals surface area contributed by atoms with Crippen molar-refractivity contribution < 1.29 is 9.16 Å². The second-order valence-electron chi connectivity index (χ2n) is 7.04. The Morgan fingerprint density at radius 1 is 1.14 bits per heavy atom. The molecule has 0 heterocycles. The first-order valence-corrected chi connectivity index (χ1v) is 11.6. The van der Waals surface area contributed by atoms with Gasteiger partial charge in [0.25, 0.3) is 0 Å². The van der Waals surface area contributed by atoms with Gasteiger partial charge < -0.3 is 9.16 Å². The van der Waals surface area contributed by atoms with Crippen molar-refractivity contribution in [3.63, 3.8) is 0 Å². The molecule has 1 aromatic carbocycles. The van der Waals surface area contributed by atoms with Gasteiger partial charge in [0, 0.05) is 0 Å². The van der Waals surface area contributed by atoms with Crippen molar-refractivity contribution in [1.82, 2.24) is 0 Å². The maximum atomic E-state index is 6.25. The molecule has 0 aliphatic rings. The highest BCUT2D eigenvalue weighted by Crippen LogP contribution is 2.29. The van der Waals surface area contributed by atoms with E-state index in [0.717, 1.165) is 16.9 Å². The lowest BCUT2D eigenvalue weighted by Crippen LogP contribution is -2.39. The van der Waals surface area contributed by atoms with Gasteiger partial charge in [0.05, 0.1) is 6.61 Å². The summed E-state index contributed by atoms with van der Waals surface area (Å²) < 4.78 is 12.3. The van der Waals surface area contributed by atoms with Crippen LogP contribution in [0.3, 0.4) is 0 Å². The van der Waals surface area contributed by atoms with Crippen LogP contribution >= 0.6 is 15.9 Å². The maximum Gasteiger partial charge on any atom is 0.183 e. The van der Waals surface area contributed by atoms with E-state index < -0.39 is 8.32 Å². The van der Waals surface area contributed by atoms with E-state index >= 15 is 0 Å². The summed E-state index contributed by atoms with van der Waals surface area (Å²) in [5.41, 5.74) is 3.14. The van der Waals surface area contributed by atoms with Crippen LogP contribution in [-0.4, -0.2) is 20.5 Å². The van der Waals surface area contributed by atoms with Crippen LogP contribution in [-0.2, 0) is 4.43 Å². The van der Waals surface area contributed by atoms with E-state index in [1.807, 2.05) is 11.1 Å². The Morgan fingerprint density at radius 3 is 2.10 bits per heavy atom. The van der Waals surface area contributed by atoms with E-state index in [2.05, 4.69) is 75.4 Å². The molecule has 0 amide bonds. The van der Waals surface area contributed by atoms with Gasteiger partial charge in [-0.25, -0.2) is 0 Å². The van der Waals surface area contributed by atoms with Crippen molar-refractivity contribution in [3.8, 4) is 5.75 Å². The monoisotopic (exact) mass is 370 g/mol. The Morgan fingerprint density at radius 2 is 1.67 bits per heavy atom. The number of hydrogen-bond donors (Lipinski definition) is 0. The number of aryl methyl sites for hydroxylation is 2. The van der Waals surface area contributed by atoms with E-state index in [-0.39, 0.29) is 5.60 Å². The number of halogens is 1. The molecule has 21 heavy (non-hydrogen) atoms. The van der Waals surface area contributed by atoms with Gasteiger partial charge in [0.1, 0.15) is 11.4 Å². The zero-order valence-corrected chi connectivity index (χ0v) is 16.8. The molecule has 1 rings (SSSR count). The van der Waals surface area contributed by atoms with Crippen LogP contribution in [0.1, 0.15) is 30.5 Å². The molecule has 118 valence electrons. The van der Waals surface area contributed by atoms with E-state index in [9.17, 15) is 0 Å². The molecule has 0 fully saturated rings. The lowest BCUT2D eigenvalue weighted by molar-refractivity contribution is 0.0477. The predicted molar refractivity (Wildman–Crippen MR) is 97.9 cm³/mol. The zero-order valence-electron chi connectivity index (χ0n) is 14.2. The second kappa shape index (κ2) is 7.12. The lowest BCUT2D eigenvalue weighted by atomic mass is 10.0. The molecule has 0 atom stereocenters. The average Bonchev–Trinajstić information content (AvgIpc) is 2.31. The molecule has 0 bridgehead atoms. The fourth-order valence-electron chi connectivity index (χ4n) is 2.01. The minimum Gasteiger partial charge on any atom is -0.485 e.